The molecule has 1 fully saturated rings. The minimum atomic E-state index is 0.360. The number of rotatable bonds is 4. The minimum Gasteiger partial charge on any atom is -0.329 e. The SMILES string of the molecule is NCC(c1ccsc1)N1CCCC1c1ccccc1. The maximum atomic E-state index is 6.05. The first kappa shape index (κ1) is 12.9. The average Bonchev–Trinajstić information content (AvgIpc) is 3.12. The fraction of sp³-hybridized carbons (Fsp3) is 0.375. The number of benzene rings is 1. The zero-order chi connectivity index (χ0) is 13.1. The van der Waals surface area contributed by atoms with E-state index in [9.17, 15) is 0 Å². The van der Waals surface area contributed by atoms with E-state index in [1.807, 2.05) is 0 Å². The van der Waals surface area contributed by atoms with Crippen LogP contribution in [0.3, 0.4) is 0 Å². The van der Waals surface area contributed by atoms with E-state index in [1.165, 1.54) is 24.0 Å². The molecule has 2 nitrogen and oxygen atoms in total. The Balaban J connectivity index is 1.86. The molecular formula is C16H20N2S. The van der Waals surface area contributed by atoms with Gasteiger partial charge in [-0.15, -0.1) is 0 Å². The first-order valence-electron chi connectivity index (χ1n) is 6.93. The number of hydrogen-bond donors (Lipinski definition) is 1. The summed E-state index contributed by atoms with van der Waals surface area (Å²) in [6.45, 7) is 1.84. The van der Waals surface area contributed by atoms with Crippen molar-refractivity contribution in [3.8, 4) is 0 Å². The molecule has 2 aromatic rings. The van der Waals surface area contributed by atoms with Crippen molar-refractivity contribution in [3.63, 3.8) is 0 Å². The molecule has 0 radical (unpaired) electrons. The average molecular weight is 272 g/mol. The molecule has 1 saturated heterocycles. The molecule has 0 amide bonds. The van der Waals surface area contributed by atoms with Gasteiger partial charge in [0, 0.05) is 18.6 Å². The summed E-state index contributed by atoms with van der Waals surface area (Å²) in [5.41, 5.74) is 8.84. The topological polar surface area (TPSA) is 29.3 Å². The lowest BCUT2D eigenvalue weighted by atomic mass is 10.0. The number of hydrogen-bond acceptors (Lipinski definition) is 3. The van der Waals surface area contributed by atoms with Crippen LogP contribution in [0.1, 0.15) is 36.1 Å². The predicted molar refractivity (Wildman–Crippen MR) is 81.2 cm³/mol. The first-order chi connectivity index (χ1) is 9.40. The van der Waals surface area contributed by atoms with Gasteiger partial charge in [0.15, 0.2) is 0 Å². The molecule has 0 aliphatic carbocycles. The normalized spacial score (nSPS) is 21.6. The van der Waals surface area contributed by atoms with Crippen molar-refractivity contribution < 1.29 is 0 Å². The van der Waals surface area contributed by atoms with Crippen molar-refractivity contribution in [1.82, 2.24) is 4.90 Å². The molecule has 1 aliphatic heterocycles. The van der Waals surface area contributed by atoms with E-state index in [0.29, 0.717) is 18.6 Å². The zero-order valence-corrected chi connectivity index (χ0v) is 11.9. The Hall–Kier alpha value is -1.16. The maximum absolute atomic E-state index is 6.05. The van der Waals surface area contributed by atoms with Crippen LogP contribution in [0.4, 0.5) is 0 Å². The molecule has 100 valence electrons. The fourth-order valence-corrected chi connectivity index (χ4v) is 3.83. The predicted octanol–water partition coefficient (Wildman–Crippen LogP) is 3.59. The van der Waals surface area contributed by atoms with Crippen LogP contribution in [0.2, 0.25) is 0 Å². The van der Waals surface area contributed by atoms with Gasteiger partial charge in [0.05, 0.1) is 0 Å². The van der Waals surface area contributed by atoms with Gasteiger partial charge in [0.2, 0.25) is 0 Å². The highest BCUT2D eigenvalue weighted by Gasteiger charge is 2.31. The molecule has 0 bridgehead atoms. The van der Waals surface area contributed by atoms with Crippen LogP contribution in [0, 0.1) is 0 Å². The lowest BCUT2D eigenvalue weighted by Crippen LogP contribution is -2.33. The van der Waals surface area contributed by atoms with Gasteiger partial charge in [-0.3, -0.25) is 4.90 Å². The van der Waals surface area contributed by atoms with E-state index in [4.69, 9.17) is 5.73 Å². The number of likely N-dealkylation sites (tertiary alicyclic amines) is 1. The summed E-state index contributed by atoms with van der Waals surface area (Å²) in [5.74, 6) is 0. The summed E-state index contributed by atoms with van der Waals surface area (Å²) >= 11 is 1.76. The van der Waals surface area contributed by atoms with Crippen molar-refractivity contribution >= 4 is 11.3 Å². The number of nitrogens with two attached hydrogens (primary N) is 1. The summed E-state index contributed by atoms with van der Waals surface area (Å²) in [6.07, 6.45) is 2.50. The molecule has 0 saturated carbocycles. The third kappa shape index (κ3) is 2.59. The Bertz CT molecular complexity index is 495. The van der Waals surface area contributed by atoms with Crippen molar-refractivity contribution in [1.29, 1.82) is 0 Å². The van der Waals surface area contributed by atoms with Crippen LogP contribution in [0.5, 0.6) is 0 Å². The summed E-state index contributed by atoms with van der Waals surface area (Å²) < 4.78 is 0. The first-order valence-corrected chi connectivity index (χ1v) is 7.87. The molecule has 2 heterocycles. The molecule has 1 aromatic carbocycles. The summed E-state index contributed by atoms with van der Waals surface area (Å²) in [4.78, 5) is 2.58. The van der Waals surface area contributed by atoms with Gasteiger partial charge in [-0.2, -0.15) is 11.3 Å². The lowest BCUT2D eigenvalue weighted by Gasteiger charge is -2.32. The highest BCUT2D eigenvalue weighted by atomic mass is 32.1. The van der Waals surface area contributed by atoms with Crippen LogP contribution in [0.15, 0.2) is 47.2 Å². The summed E-state index contributed by atoms with van der Waals surface area (Å²) in [5, 5.41) is 4.38. The summed E-state index contributed by atoms with van der Waals surface area (Å²) in [6, 6.07) is 13.9. The van der Waals surface area contributed by atoms with Crippen LogP contribution >= 0.6 is 11.3 Å². The smallest absolute Gasteiger partial charge is 0.0484 e. The van der Waals surface area contributed by atoms with Gasteiger partial charge in [0.1, 0.15) is 0 Å². The molecule has 1 aliphatic rings. The Labute approximate surface area is 118 Å². The monoisotopic (exact) mass is 272 g/mol. The van der Waals surface area contributed by atoms with E-state index in [2.05, 4.69) is 52.1 Å². The molecule has 2 atom stereocenters. The molecule has 3 rings (SSSR count). The van der Waals surface area contributed by atoms with E-state index in [0.717, 1.165) is 6.54 Å². The van der Waals surface area contributed by atoms with E-state index in [-0.39, 0.29) is 0 Å². The van der Waals surface area contributed by atoms with Gasteiger partial charge in [-0.1, -0.05) is 30.3 Å². The van der Waals surface area contributed by atoms with Crippen molar-refractivity contribution in [2.24, 2.45) is 5.73 Å². The molecule has 2 N–H and O–H groups in total. The van der Waals surface area contributed by atoms with Crippen molar-refractivity contribution in [2.45, 2.75) is 24.9 Å². The number of nitrogens with zero attached hydrogens (tertiary/aromatic N) is 1. The molecular weight excluding hydrogens is 252 g/mol. The van der Waals surface area contributed by atoms with E-state index >= 15 is 0 Å². The van der Waals surface area contributed by atoms with Gasteiger partial charge in [-0.05, 0) is 47.3 Å². The third-order valence-electron chi connectivity index (χ3n) is 4.03. The number of thiophene rings is 1. The van der Waals surface area contributed by atoms with E-state index in [1.54, 1.807) is 11.3 Å². The Morgan fingerprint density at radius 3 is 2.79 bits per heavy atom. The standard InChI is InChI=1S/C16H20N2S/c17-11-16(14-8-10-19-12-14)18-9-4-7-15(18)13-5-2-1-3-6-13/h1-3,5-6,8,10,12,15-16H,4,7,9,11,17H2. The quantitative estimate of drug-likeness (QED) is 0.921. The highest BCUT2D eigenvalue weighted by Crippen LogP contribution is 2.38. The van der Waals surface area contributed by atoms with Crippen molar-refractivity contribution in [3.05, 3.63) is 58.3 Å². The summed E-state index contributed by atoms with van der Waals surface area (Å²) in [7, 11) is 0. The maximum Gasteiger partial charge on any atom is 0.0484 e. The van der Waals surface area contributed by atoms with Gasteiger partial charge in [0.25, 0.3) is 0 Å². The lowest BCUT2D eigenvalue weighted by molar-refractivity contribution is 0.186. The van der Waals surface area contributed by atoms with Gasteiger partial charge < -0.3 is 5.73 Å². The molecule has 1 aromatic heterocycles. The van der Waals surface area contributed by atoms with Crippen LogP contribution in [-0.2, 0) is 0 Å². The second-order valence-corrected chi connectivity index (χ2v) is 5.89. The van der Waals surface area contributed by atoms with Gasteiger partial charge >= 0.3 is 0 Å². The molecule has 2 unspecified atom stereocenters. The Morgan fingerprint density at radius 2 is 2.11 bits per heavy atom. The largest absolute Gasteiger partial charge is 0.329 e. The van der Waals surface area contributed by atoms with Crippen LogP contribution < -0.4 is 5.73 Å². The van der Waals surface area contributed by atoms with Crippen molar-refractivity contribution in [2.75, 3.05) is 13.1 Å². The van der Waals surface area contributed by atoms with E-state index < -0.39 is 0 Å². The third-order valence-corrected chi connectivity index (χ3v) is 4.73. The van der Waals surface area contributed by atoms with Crippen LogP contribution in [0.25, 0.3) is 0 Å². The van der Waals surface area contributed by atoms with Gasteiger partial charge in [-0.25, -0.2) is 0 Å². The fourth-order valence-electron chi connectivity index (χ4n) is 3.12. The second kappa shape index (κ2) is 5.87. The molecule has 3 heteroatoms. The second-order valence-electron chi connectivity index (χ2n) is 5.11. The van der Waals surface area contributed by atoms with Crippen LogP contribution in [-0.4, -0.2) is 18.0 Å². The molecule has 19 heavy (non-hydrogen) atoms. The Morgan fingerprint density at radius 1 is 1.26 bits per heavy atom. The zero-order valence-electron chi connectivity index (χ0n) is 11.0. The minimum absolute atomic E-state index is 0.360. The highest BCUT2D eigenvalue weighted by molar-refractivity contribution is 7.07. The molecule has 0 spiro atoms. The Kier molecular flexibility index (Phi) is 3.97.